The van der Waals surface area contributed by atoms with E-state index in [1.54, 1.807) is 11.3 Å². The van der Waals surface area contributed by atoms with E-state index in [9.17, 15) is 4.79 Å². The van der Waals surface area contributed by atoms with Gasteiger partial charge in [0.05, 0.1) is 17.8 Å². The van der Waals surface area contributed by atoms with Crippen molar-refractivity contribution in [2.24, 2.45) is 0 Å². The van der Waals surface area contributed by atoms with Gasteiger partial charge in [-0.1, -0.05) is 11.6 Å². The molecule has 0 aliphatic carbocycles. The first kappa shape index (κ1) is 18.1. The molecule has 8 heteroatoms. The number of alkyl halides is 1. The van der Waals surface area contributed by atoms with Crippen LogP contribution in [0, 0.1) is 0 Å². The van der Waals surface area contributed by atoms with E-state index in [-0.39, 0.29) is 17.6 Å². The Labute approximate surface area is 162 Å². The van der Waals surface area contributed by atoms with Crippen LogP contribution in [-0.2, 0) is 9.53 Å². The van der Waals surface area contributed by atoms with Gasteiger partial charge in [0.1, 0.15) is 11.7 Å². The summed E-state index contributed by atoms with van der Waals surface area (Å²) < 4.78 is 6.72. The number of rotatable bonds is 3. The molecule has 0 saturated carbocycles. The molecule has 0 radical (unpaired) electrons. The van der Waals surface area contributed by atoms with Crippen LogP contribution < -0.4 is 5.32 Å². The Bertz CT molecular complexity index is 811. The van der Waals surface area contributed by atoms with E-state index in [0.29, 0.717) is 19.7 Å². The maximum atomic E-state index is 12.5. The second-order valence-electron chi connectivity index (χ2n) is 7.23. The quantitative estimate of drug-likeness (QED) is 0.810. The first-order chi connectivity index (χ1) is 12.5. The third-order valence-electron chi connectivity index (χ3n) is 5.23. The molecular formula is C18H23ClN4O2S. The second kappa shape index (κ2) is 7.05. The van der Waals surface area contributed by atoms with E-state index in [1.807, 2.05) is 20.0 Å². The van der Waals surface area contributed by atoms with Gasteiger partial charge in [-0.2, -0.15) is 0 Å². The summed E-state index contributed by atoms with van der Waals surface area (Å²) in [6.07, 6.45) is 1.80. The van der Waals surface area contributed by atoms with Gasteiger partial charge in [0.15, 0.2) is 0 Å². The average molecular weight is 395 g/mol. The standard InChI is InChI=1S/C18H23ClN4O2S/c1-18(2)17(24)20-4-5-23(18)16(22-6-7-25-15(19)11-22)13-9-14-12(10-21-13)3-8-26-14/h3,8-10,15-16H,4-7,11H2,1-2H3,(H,20,24). The van der Waals surface area contributed by atoms with E-state index in [2.05, 4.69) is 32.6 Å². The van der Waals surface area contributed by atoms with Gasteiger partial charge in [-0.05, 0) is 31.4 Å². The Morgan fingerprint density at radius 1 is 1.46 bits per heavy atom. The van der Waals surface area contributed by atoms with Crippen LogP contribution in [0.4, 0.5) is 0 Å². The van der Waals surface area contributed by atoms with Gasteiger partial charge < -0.3 is 10.1 Å². The number of carbonyl (C=O) groups excluding carboxylic acids is 1. The molecular weight excluding hydrogens is 372 g/mol. The first-order valence-corrected chi connectivity index (χ1v) is 10.2. The average Bonchev–Trinajstić information content (AvgIpc) is 3.07. The number of hydrogen-bond acceptors (Lipinski definition) is 6. The molecule has 0 aromatic carbocycles. The van der Waals surface area contributed by atoms with Crippen molar-refractivity contribution < 1.29 is 9.53 Å². The highest BCUT2D eigenvalue weighted by molar-refractivity contribution is 7.17. The zero-order valence-corrected chi connectivity index (χ0v) is 16.5. The second-order valence-corrected chi connectivity index (χ2v) is 8.66. The van der Waals surface area contributed by atoms with Crippen LogP contribution in [-0.4, -0.2) is 64.6 Å². The Balaban J connectivity index is 1.76. The zero-order chi connectivity index (χ0) is 18.3. The predicted octanol–water partition coefficient (Wildman–Crippen LogP) is 2.40. The SMILES string of the molecule is CC1(C)C(=O)NCCN1C(c1cc2sccc2cn1)N1CCOC(Cl)C1. The van der Waals surface area contributed by atoms with Crippen molar-refractivity contribution in [2.45, 2.75) is 31.1 Å². The number of amides is 1. The highest BCUT2D eigenvalue weighted by atomic mass is 35.5. The zero-order valence-electron chi connectivity index (χ0n) is 14.9. The normalized spacial score (nSPS) is 26.0. The largest absolute Gasteiger partial charge is 0.360 e. The molecule has 4 heterocycles. The Kier molecular flexibility index (Phi) is 4.92. The van der Waals surface area contributed by atoms with Crippen molar-refractivity contribution >= 4 is 38.9 Å². The number of hydrogen-bond donors (Lipinski definition) is 1. The Hall–Kier alpha value is -1.25. The highest BCUT2D eigenvalue weighted by Gasteiger charge is 2.45. The van der Waals surface area contributed by atoms with Gasteiger partial charge in [-0.15, -0.1) is 11.3 Å². The lowest BCUT2D eigenvalue weighted by molar-refractivity contribution is -0.145. The van der Waals surface area contributed by atoms with E-state index >= 15 is 0 Å². The number of morpholine rings is 1. The highest BCUT2D eigenvalue weighted by Crippen LogP contribution is 2.35. The number of ether oxygens (including phenoxy) is 1. The van der Waals surface area contributed by atoms with Crippen LogP contribution in [0.25, 0.3) is 10.1 Å². The molecule has 2 unspecified atom stereocenters. The van der Waals surface area contributed by atoms with Crippen LogP contribution in [0.1, 0.15) is 25.7 Å². The summed E-state index contributed by atoms with van der Waals surface area (Å²) in [5, 5.41) is 6.20. The molecule has 1 amide bonds. The summed E-state index contributed by atoms with van der Waals surface area (Å²) in [6.45, 7) is 7.27. The number of carbonyl (C=O) groups is 1. The number of aromatic nitrogens is 1. The van der Waals surface area contributed by atoms with Gasteiger partial charge in [0.2, 0.25) is 5.91 Å². The summed E-state index contributed by atoms with van der Waals surface area (Å²) in [7, 11) is 0. The van der Waals surface area contributed by atoms with Crippen molar-refractivity contribution in [1.82, 2.24) is 20.1 Å². The van der Waals surface area contributed by atoms with Crippen LogP contribution in [0.15, 0.2) is 23.7 Å². The molecule has 2 atom stereocenters. The number of fused-ring (bicyclic) bond motifs is 1. The topological polar surface area (TPSA) is 57.7 Å². The van der Waals surface area contributed by atoms with E-state index in [0.717, 1.165) is 24.2 Å². The summed E-state index contributed by atoms with van der Waals surface area (Å²) in [5.74, 6) is 0.0432. The summed E-state index contributed by atoms with van der Waals surface area (Å²) in [5.41, 5.74) is -0.0262. The molecule has 6 nitrogen and oxygen atoms in total. The van der Waals surface area contributed by atoms with Crippen molar-refractivity contribution in [3.8, 4) is 0 Å². The third-order valence-corrected chi connectivity index (χ3v) is 6.38. The molecule has 2 aromatic rings. The molecule has 140 valence electrons. The maximum absolute atomic E-state index is 12.5. The van der Waals surface area contributed by atoms with Gasteiger partial charge in [0.25, 0.3) is 0 Å². The van der Waals surface area contributed by atoms with Crippen LogP contribution in [0.2, 0.25) is 0 Å². The molecule has 0 spiro atoms. The van der Waals surface area contributed by atoms with Crippen LogP contribution in [0.5, 0.6) is 0 Å². The minimum atomic E-state index is -0.630. The molecule has 2 aliphatic rings. The molecule has 1 N–H and O–H groups in total. The van der Waals surface area contributed by atoms with E-state index < -0.39 is 5.54 Å². The molecule has 2 aliphatic heterocycles. The lowest BCUT2D eigenvalue weighted by Gasteiger charge is -2.50. The molecule has 2 fully saturated rings. The van der Waals surface area contributed by atoms with Crippen molar-refractivity contribution in [1.29, 1.82) is 0 Å². The monoisotopic (exact) mass is 394 g/mol. The fraction of sp³-hybridized carbons (Fsp3) is 0.556. The Morgan fingerprint density at radius 3 is 3.12 bits per heavy atom. The summed E-state index contributed by atoms with van der Waals surface area (Å²) in [6, 6.07) is 4.22. The number of halogens is 1. The number of nitrogens with one attached hydrogen (secondary N) is 1. The summed E-state index contributed by atoms with van der Waals surface area (Å²) >= 11 is 7.99. The van der Waals surface area contributed by atoms with Crippen molar-refractivity contribution in [3.05, 3.63) is 29.4 Å². The molecule has 2 aromatic heterocycles. The van der Waals surface area contributed by atoms with Gasteiger partial charge in [0, 0.05) is 42.5 Å². The lowest BCUT2D eigenvalue weighted by atomic mass is 9.96. The number of thiophene rings is 1. The molecule has 26 heavy (non-hydrogen) atoms. The van der Waals surface area contributed by atoms with Crippen LogP contribution >= 0.6 is 22.9 Å². The fourth-order valence-corrected chi connectivity index (χ4v) is 4.82. The smallest absolute Gasteiger partial charge is 0.240 e. The third kappa shape index (κ3) is 3.23. The van der Waals surface area contributed by atoms with Crippen LogP contribution in [0.3, 0.4) is 0 Å². The van der Waals surface area contributed by atoms with Gasteiger partial charge in [-0.3, -0.25) is 19.6 Å². The molecule has 0 bridgehead atoms. The number of piperazine rings is 1. The minimum absolute atomic E-state index is 0.0432. The van der Waals surface area contributed by atoms with Gasteiger partial charge in [-0.25, -0.2) is 0 Å². The molecule has 4 rings (SSSR count). The number of pyridine rings is 1. The van der Waals surface area contributed by atoms with E-state index in [4.69, 9.17) is 21.3 Å². The number of nitrogens with zero attached hydrogens (tertiary/aromatic N) is 3. The minimum Gasteiger partial charge on any atom is -0.360 e. The van der Waals surface area contributed by atoms with E-state index in [1.165, 1.54) is 4.70 Å². The lowest BCUT2D eigenvalue weighted by Crippen LogP contribution is -2.65. The Morgan fingerprint density at radius 2 is 2.31 bits per heavy atom. The van der Waals surface area contributed by atoms with Crippen molar-refractivity contribution in [2.75, 3.05) is 32.8 Å². The maximum Gasteiger partial charge on any atom is 0.240 e. The molecule has 2 saturated heterocycles. The summed E-state index contributed by atoms with van der Waals surface area (Å²) in [4.78, 5) is 21.8. The van der Waals surface area contributed by atoms with Crippen molar-refractivity contribution in [3.63, 3.8) is 0 Å². The fourth-order valence-electron chi connectivity index (χ4n) is 3.75. The first-order valence-electron chi connectivity index (χ1n) is 8.85. The van der Waals surface area contributed by atoms with Gasteiger partial charge >= 0.3 is 0 Å². The predicted molar refractivity (Wildman–Crippen MR) is 103 cm³/mol.